The van der Waals surface area contributed by atoms with Crippen LogP contribution in [0.1, 0.15) is 12.8 Å². The van der Waals surface area contributed by atoms with Crippen LogP contribution in [0.3, 0.4) is 0 Å². The molecule has 0 aliphatic rings. The molecule has 2 heterocycles. The third-order valence-corrected chi connectivity index (χ3v) is 2.55. The first-order valence-electron chi connectivity index (χ1n) is 6.25. The fourth-order valence-corrected chi connectivity index (χ4v) is 1.62. The highest BCUT2D eigenvalue weighted by atomic mass is 15.0. The fourth-order valence-electron chi connectivity index (χ4n) is 1.62. The monoisotopic (exact) mass is 242 g/mol. The Bertz CT molecular complexity index is 387. The van der Waals surface area contributed by atoms with Crippen LogP contribution in [0, 0.1) is 0 Å². The number of aromatic nitrogens is 2. The Morgan fingerprint density at radius 1 is 0.722 bits per heavy atom. The van der Waals surface area contributed by atoms with Crippen molar-refractivity contribution in [2.75, 3.05) is 23.7 Å². The zero-order chi connectivity index (χ0) is 12.5. The number of hydrogen-bond donors (Lipinski definition) is 2. The van der Waals surface area contributed by atoms with Gasteiger partial charge < -0.3 is 10.6 Å². The smallest absolute Gasteiger partial charge is 0.125 e. The first-order valence-corrected chi connectivity index (χ1v) is 6.25. The van der Waals surface area contributed by atoms with E-state index in [0.717, 1.165) is 37.6 Å². The number of pyridine rings is 2. The molecule has 0 bridgehead atoms. The predicted molar refractivity (Wildman–Crippen MR) is 74.7 cm³/mol. The summed E-state index contributed by atoms with van der Waals surface area (Å²) in [5.74, 6) is 1.88. The van der Waals surface area contributed by atoms with Gasteiger partial charge in [-0.15, -0.1) is 0 Å². The zero-order valence-corrected chi connectivity index (χ0v) is 10.3. The summed E-state index contributed by atoms with van der Waals surface area (Å²) in [6.45, 7) is 1.89. The molecule has 0 aliphatic carbocycles. The maximum Gasteiger partial charge on any atom is 0.125 e. The van der Waals surface area contributed by atoms with Crippen LogP contribution in [0.4, 0.5) is 11.6 Å². The highest BCUT2D eigenvalue weighted by Gasteiger charge is 1.93. The Labute approximate surface area is 107 Å². The van der Waals surface area contributed by atoms with Crippen molar-refractivity contribution in [2.24, 2.45) is 0 Å². The third-order valence-electron chi connectivity index (χ3n) is 2.55. The minimum atomic E-state index is 0.940. The maximum absolute atomic E-state index is 4.21. The summed E-state index contributed by atoms with van der Waals surface area (Å²) >= 11 is 0. The van der Waals surface area contributed by atoms with Crippen LogP contribution in [-0.2, 0) is 0 Å². The molecule has 94 valence electrons. The van der Waals surface area contributed by atoms with E-state index < -0.39 is 0 Å². The van der Waals surface area contributed by atoms with E-state index in [1.54, 1.807) is 12.4 Å². The van der Waals surface area contributed by atoms with Gasteiger partial charge in [0.2, 0.25) is 0 Å². The lowest BCUT2D eigenvalue weighted by molar-refractivity contribution is 0.791. The Morgan fingerprint density at radius 2 is 1.22 bits per heavy atom. The largest absolute Gasteiger partial charge is 0.370 e. The lowest BCUT2D eigenvalue weighted by Gasteiger charge is -2.06. The third kappa shape index (κ3) is 4.41. The van der Waals surface area contributed by atoms with Crippen molar-refractivity contribution in [2.45, 2.75) is 12.8 Å². The first kappa shape index (κ1) is 12.4. The molecule has 0 spiro atoms. The molecule has 0 atom stereocenters. The van der Waals surface area contributed by atoms with E-state index in [-0.39, 0.29) is 0 Å². The van der Waals surface area contributed by atoms with Crippen molar-refractivity contribution in [3.63, 3.8) is 0 Å². The standard InChI is InChI=1S/C14H18N4/c1-3-9-15-13(7-1)17-11-5-6-12-18-14-8-2-4-10-16-14/h1-4,7-10H,5-6,11-12H2,(H,15,17)(H,16,18). The second-order valence-corrected chi connectivity index (χ2v) is 3.99. The van der Waals surface area contributed by atoms with Crippen LogP contribution in [0.5, 0.6) is 0 Å². The molecule has 0 aliphatic heterocycles. The Balaban J connectivity index is 1.54. The molecular weight excluding hydrogens is 224 g/mol. The van der Waals surface area contributed by atoms with Crippen LogP contribution >= 0.6 is 0 Å². The van der Waals surface area contributed by atoms with Gasteiger partial charge in [0.05, 0.1) is 0 Å². The molecule has 0 saturated heterocycles. The molecule has 0 aromatic carbocycles. The quantitative estimate of drug-likeness (QED) is 0.733. The summed E-state index contributed by atoms with van der Waals surface area (Å²) in [4.78, 5) is 8.41. The summed E-state index contributed by atoms with van der Waals surface area (Å²) < 4.78 is 0. The molecular formula is C14H18N4. The maximum atomic E-state index is 4.21. The van der Waals surface area contributed by atoms with Gasteiger partial charge in [-0.1, -0.05) is 12.1 Å². The molecule has 2 rings (SSSR count). The summed E-state index contributed by atoms with van der Waals surface area (Å²) in [6.07, 6.45) is 5.81. The van der Waals surface area contributed by atoms with Crippen LogP contribution in [0.2, 0.25) is 0 Å². The van der Waals surface area contributed by atoms with Gasteiger partial charge in [-0.25, -0.2) is 9.97 Å². The van der Waals surface area contributed by atoms with Crippen molar-refractivity contribution >= 4 is 11.6 Å². The molecule has 4 nitrogen and oxygen atoms in total. The van der Waals surface area contributed by atoms with Crippen molar-refractivity contribution in [3.05, 3.63) is 48.8 Å². The second-order valence-electron chi connectivity index (χ2n) is 3.99. The SMILES string of the molecule is c1ccc(NCCCCNc2ccccn2)nc1. The van der Waals surface area contributed by atoms with E-state index in [2.05, 4.69) is 20.6 Å². The molecule has 0 saturated carbocycles. The van der Waals surface area contributed by atoms with Crippen molar-refractivity contribution in [3.8, 4) is 0 Å². The molecule has 2 aromatic heterocycles. The van der Waals surface area contributed by atoms with Gasteiger partial charge in [-0.3, -0.25) is 0 Å². The van der Waals surface area contributed by atoms with E-state index in [1.807, 2.05) is 36.4 Å². The van der Waals surface area contributed by atoms with Crippen molar-refractivity contribution in [1.29, 1.82) is 0 Å². The number of rotatable bonds is 7. The van der Waals surface area contributed by atoms with Gasteiger partial charge in [0.1, 0.15) is 11.6 Å². The molecule has 0 unspecified atom stereocenters. The number of anilines is 2. The average molecular weight is 242 g/mol. The summed E-state index contributed by atoms with van der Waals surface area (Å²) in [5.41, 5.74) is 0. The van der Waals surface area contributed by atoms with E-state index >= 15 is 0 Å². The molecule has 4 heteroatoms. The normalized spacial score (nSPS) is 10.0. The number of nitrogens with one attached hydrogen (secondary N) is 2. The summed E-state index contributed by atoms with van der Waals surface area (Å²) in [6, 6.07) is 11.8. The Kier molecular flexibility index (Phi) is 4.99. The van der Waals surface area contributed by atoms with E-state index in [1.165, 1.54) is 0 Å². The van der Waals surface area contributed by atoms with Gasteiger partial charge in [0.25, 0.3) is 0 Å². The van der Waals surface area contributed by atoms with Gasteiger partial charge >= 0.3 is 0 Å². The predicted octanol–water partition coefficient (Wildman–Crippen LogP) is 2.78. The zero-order valence-electron chi connectivity index (χ0n) is 10.3. The highest BCUT2D eigenvalue weighted by molar-refractivity contribution is 5.33. The Morgan fingerprint density at radius 3 is 1.61 bits per heavy atom. The first-order chi connectivity index (χ1) is 8.95. The van der Waals surface area contributed by atoms with Crippen LogP contribution in [-0.4, -0.2) is 23.1 Å². The average Bonchev–Trinajstić information content (AvgIpc) is 2.45. The van der Waals surface area contributed by atoms with E-state index in [0.29, 0.717) is 0 Å². The Hall–Kier alpha value is -2.10. The summed E-state index contributed by atoms with van der Waals surface area (Å²) in [5, 5.41) is 6.58. The van der Waals surface area contributed by atoms with Gasteiger partial charge in [-0.2, -0.15) is 0 Å². The molecule has 0 amide bonds. The van der Waals surface area contributed by atoms with Crippen LogP contribution in [0.25, 0.3) is 0 Å². The number of unbranched alkanes of at least 4 members (excludes halogenated alkanes) is 1. The van der Waals surface area contributed by atoms with Crippen molar-refractivity contribution < 1.29 is 0 Å². The van der Waals surface area contributed by atoms with Gasteiger partial charge in [0, 0.05) is 25.5 Å². The molecule has 2 N–H and O–H groups in total. The van der Waals surface area contributed by atoms with Gasteiger partial charge in [-0.05, 0) is 37.1 Å². The lowest BCUT2D eigenvalue weighted by atomic mass is 10.3. The minimum Gasteiger partial charge on any atom is -0.370 e. The molecule has 18 heavy (non-hydrogen) atoms. The van der Waals surface area contributed by atoms with E-state index in [4.69, 9.17) is 0 Å². The topological polar surface area (TPSA) is 49.8 Å². The van der Waals surface area contributed by atoms with Crippen LogP contribution in [0.15, 0.2) is 48.8 Å². The summed E-state index contributed by atoms with van der Waals surface area (Å²) in [7, 11) is 0. The molecule has 2 aromatic rings. The fraction of sp³-hybridized carbons (Fsp3) is 0.286. The lowest BCUT2D eigenvalue weighted by Crippen LogP contribution is -2.07. The number of hydrogen-bond acceptors (Lipinski definition) is 4. The van der Waals surface area contributed by atoms with E-state index in [9.17, 15) is 0 Å². The molecule has 0 radical (unpaired) electrons. The molecule has 0 fully saturated rings. The van der Waals surface area contributed by atoms with Gasteiger partial charge in [0.15, 0.2) is 0 Å². The highest BCUT2D eigenvalue weighted by Crippen LogP contribution is 2.02. The van der Waals surface area contributed by atoms with Crippen LogP contribution < -0.4 is 10.6 Å². The number of nitrogens with zero attached hydrogens (tertiary/aromatic N) is 2. The second kappa shape index (κ2) is 7.27. The minimum absolute atomic E-state index is 0.940. The van der Waals surface area contributed by atoms with Crippen molar-refractivity contribution in [1.82, 2.24) is 9.97 Å².